The number of amides is 1. The van der Waals surface area contributed by atoms with E-state index in [1.54, 1.807) is 0 Å². The highest BCUT2D eigenvalue weighted by Crippen LogP contribution is 2.24. The van der Waals surface area contributed by atoms with Crippen LogP contribution in [0.25, 0.3) is 0 Å². The highest BCUT2D eigenvalue weighted by molar-refractivity contribution is 5.94. The van der Waals surface area contributed by atoms with Gasteiger partial charge in [-0.3, -0.25) is 4.79 Å². The van der Waals surface area contributed by atoms with Crippen LogP contribution in [0.5, 0.6) is 5.75 Å². The topological polar surface area (TPSA) is 64.3 Å². The van der Waals surface area contributed by atoms with E-state index >= 15 is 0 Å². The molecule has 22 heavy (non-hydrogen) atoms. The summed E-state index contributed by atoms with van der Waals surface area (Å²) >= 11 is 0. The Kier molecular flexibility index (Phi) is 6.25. The van der Waals surface area contributed by atoms with Gasteiger partial charge in [0.1, 0.15) is 5.75 Å². The highest BCUT2D eigenvalue weighted by Gasteiger charge is 2.18. The largest absolute Gasteiger partial charge is 0.490 e. The fourth-order valence-electron chi connectivity index (χ4n) is 2.96. The van der Waals surface area contributed by atoms with Gasteiger partial charge in [0, 0.05) is 18.2 Å². The second-order valence-corrected chi connectivity index (χ2v) is 6.59. The van der Waals surface area contributed by atoms with Crippen molar-refractivity contribution in [3.63, 3.8) is 0 Å². The second-order valence-electron chi connectivity index (χ2n) is 6.59. The lowest BCUT2D eigenvalue weighted by Gasteiger charge is -2.19. The summed E-state index contributed by atoms with van der Waals surface area (Å²) in [6.07, 6.45) is 5.88. The first-order valence-electron chi connectivity index (χ1n) is 8.36. The van der Waals surface area contributed by atoms with E-state index in [0.29, 0.717) is 24.1 Å². The Morgan fingerprint density at radius 3 is 2.73 bits per heavy atom. The van der Waals surface area contributed by atoms with Gasteiger partial charge in [0.25, 0.3) is 5.91 Å². The molecule has 0 aliphatic heterocycles. The molecule has 0 heterocycles. The first-order chi connectivity index (χ1) is 10.6. The minimum absolute atomic E-state index is 0.0203. The van der Waals surface area contributed by atoms with E-state index < -0.39 is 0 Å². The molecule has 1 amide bonds. The number of rotatable bonds is 7. The van der Waals surface area contributed by atoms with E-state index in [9.17, 15) is 4.79 Å². The minimum Gasteiger partial charge on any atom is -0.490 e. The molecule has 4 nitrogen and oxygen atoms in total. The van der Waals surface area contributed by atoms with Crippen molar-refractivity contribution in [3.05, 3.63) is 29.8 Å². The van der Waals surface area contributed by atoms with Crippen LogP contribution in [-0.2, 0) is 0 Å². The van der Waals surface area contributed by atoms with Gasteiger partial charge in [-0.1, -0.05) is 19.9 Å². The Balaban J connectivity index is 1.96. The Bertz CT molecular complexity index is 482. The molecule has 1 unspecified atom stereocenters. The zero-order valence-corrected chi connectivity index (χ0v) is 13.7. The summed E-state index contributed by atoms with van der Waals surface area (Å²) in [4.78, 5) is 12.4. The Morgan fingerprint density at radius 2 is 2.09 bits per heavy atom. The monoisotopic (exact) mass is 304 g/mol. The van der Waals surface area contributed by atoms with Gasteiger partial charge in [0.05, 0.1) is 6.10 Å². The summed E-state index contributed by atoms with van der Waals surface area (Å²) in [6.45, 7) is 4.72. The third kappa shape index (κ3) is 5.02. The zero-order valence-electron chi connectivity index (χ0n) is 13.7. The van der Waals surface area contributed by atoms with Gasteiger partial charge in [0.15, 0.2) is 0 Å². The summed E-state index contributed by atoms with van der Waals surface area (Å²) in [5.41, 5.74) is 6.38. The lowest BCUT2D eigenvalue weighted by Crippen LogP contribution is -2.41. The molecule has 122 valence electrons. The van der Waals surface area contributed by atoms with Crippen molar-refractivity contribution in [2.24, 2.45) is 11.7 Å². The molecule has 1 fully saturated rings. The van der Waals surface area contributed by atoms with Gasteiger partial charge < -0.3 is 15.8 Å². The molecule has 0 aromatic heterocycles. The van der Waals surface area contributed by atoms with E-state index in [1.807, 2.05) is 24.3 Å². The normalized spacial score (nSPS) is 16.7. The van der Waals surface area contributed by atoms with Gasteiger partial charge >= 0.3 is 0 Å². The molecule has 1 aromatic rings. The lowest BCUT2D eigenvalue weighted by atomic mass is 10.0. The van der Waals surface area contributed by atoms with Crippen LogP contribution >= 0.6 is 0 Å². The summed E-state index contributed by atoms with van der Waals surface area (Å²) in [5, 5.41) is 3.02. The molecule has 0 radical (unpaired) electrons. The molecule has 0 saturated heterocycles. The molecule has 0 spiro atoms. The van der Waals surface area contributed by atoms with Crippen molar-refractivity contribution in [2.45, 2.75) is 58.1 Å². The maximum atomic E-state index is 12.4. The number of hydrogen-bond acceptors (Lipinski definition) is 3. The predicted molar refractivity (Wildman–Crippen MR) is 89.1 cm³/mol. The quantitative estimate of drug-likeness (QED) is 0.813. The van der Waals surface area contributed by atoms with Crippen molar-refractivity contribution in [1.29, 1.82) is 0 Å². The van der Waals surface area contributed by atoms with Crippen molar-refractivity contribution in [3.8, 4) is 5.75 Å². The molecule has 0 bridgehead atoms. The van der Waals surface area contributed by atoms with Gasteiger partial charge in [-0.2, -0.15) is 0 Å². The number of hydrogen-bond donors (Lipinski definition) is 2. The molecule has 2 rings (SSSR count). The highest BCUT2D eigenvalue weighted by atomic mass is 16.5. The molecule has 1 aliphatic carbocycles. The average Bonchev–Trinajstić information content (AvgIpc) is 2.99. The van der Waals surface area contributed by atoms with E-state index in [2.05, 4.69) is 19.2 Å². The van der Waals surface area contributed by atoms with Crippen molar-refractivity contribution < 1.29 is 9.53 Å². The van der Waals surface area contributed by atoms with Gasteiger partial charge in [-0.25, -0.2) is 0 Å². The van der Waals surface area contributed by atoms with Crippen molar-refractivity contribution >= 4 is 5.91 Å². The Labute approximate surface area is 133 Å². The Morgan fingerprint density at radius 1 is 1.36 bits per heavy atom. The summed E-state index contributed by atoms with van der Waals surface area (Å²) in [6, 6.07) is 7.46. The first-order valence-corrected chi connectivity index (χ1v) is 8.36. The number of carbonyl (C=O) groups excluding carboxylic acids is 1. The summed E-state index contributed by atoms with van der Waals surface area (Å²) in [7, 11) is 0. The predicted octanol–water partition coefficient (Wildman–Crippen LogP) is 3.11. The third-order valence-electron chi connectivity index (χ3n) is 4.08. The molecule has 1 aliphatic rings. The van der Waals surface area contributed by atoms with Crippen LogP contribution in [0, 0.1) is 5.92 Å². The van der Waals surface area contributed by atoms with Crippen LogP contribution in [0.4, 0.5) is 0 Å². The maximum Gasteiger partial charge on any atom is 0.251 e. The number of ether oxygens (including phenoxy) is 1. The van der Waals surface area contributed by atoms with Crippen LogP contribution in [-0.4, -0.2) is 24.6 Å². The van der Waals surface area contributed by atoms with Gasteiger partial charge in [-0.05, 0) is 56.2 Å². The van der Waals surface area contributed by atoms with E-state index in [4.69, 9.17) is 10.5 Å². The third-order valence-corrected chi connectivity index (χ3v) is 4.08. The van der Waals surface area contributed by atoms with Crippen LogP contribution in [0.3, 0.4) is 0 Å². The molecule has 1 saturated carbocycles. The van der Waals surface area contributed by atoms with Gasteiger partial charge in [0.2, 0.25) is 0 Å². The smallest absolute Gasteiger partial charge is 0.251 e. The zero-order chi connectivity index (χ0) is 15.9. The van der Waals surface area contributed by atoms with Crippen LogP contribution in [0.2, 0.25) is 0 Å². The van der Waals surface area contributed by atoms with Crippen LogP contribution in [0.1, 0.15) is 56.3 Å². The first kappa shape index (κ1) is 16.8. The van der Waals surface area contributed by atoms with E-state index in [-0.39, 0.29) is 11.9 Å². The fourth-order valence-corrected chi connectivity index (χ4v) is 2.96. The average molecular weight is 304 g/mol. The second kappa shape index (κ2) is 8.18. The minimum atomic E-state index is -0.0760. The van der Waals surface area contributed by atoms with Crippen molar-refractivity contribution in [1.82, 2.24) is 5.32 Å². The van der Waals surface area contributed by atoms with Crippen LogP contribution < -0.4 is 15.8 Å². The summed E-state index contributed by atoms with van der Waals surface area (Å²) < 4.78 is 5.96. The number of nitrogens with two attached hydrogens (primary N) is 1. The molecular formula is C18H28N2O2. The number of benzene rings is 1. The van der Waals surface area contributed by atoms with Crippen LogP contribution in [0.15, 0.2) is 24.3 Å². The molecule has 1 aromatic carbocycles. The fraction of sp³-hybridized carbons (Fsp3) is 0.611. The molecule has 4 heteroatoms. The SMILES string of the molecule is CC(C)CC(CN)NC(=O)c1cccc(OC2CCCC2)c1. The van der Waals surface area contributed by atoms with E-state index in [1.165, 1.54) is 12.8 Å². The maximum absolute atomic E-state index is 12.4. The van der Waals surface area contributed by atoms with Crippen molar-refractivity contribution in [2.75, 3.05) is 6.54 Å². The number of carbonyl (C=O) groups is 1. The Hall–Kier alpha value is -1.55. The molecule has 1 atom stereocenters. The standard InChI is InChI=1S/C18H28N2O2/c1-13(2)10-15(12-19)20-18(21)14-6-5-9-17(11-14)22-16-7-3-4-8-16/h5-6,9,11,13,15-16H,3-4,7-8,10,12,19H2,1-2H3,(H,20,21). The lowest BCUT2D eigenvalue weighted by molar-refractivity contribution is 0.0933. The van der Waals surface area contributed by atoms with E-state index in [0.717, 1.165) is 25.0 Å². The van der Waals surface area contributed by atoms with Gasteiger partial charge in [-0.15, -0.1) is 0 Å². The number of nitrogens with one attached hydrogen (secondary N) is 1. The molecule has 3 N–H and O–H groups in total. The molecular weight excluding hydrogens is 276 g/mol. The summed E-state index contributed by atoms with van der Waals surface area (Å²) in [5.74, 6) is 1.21.